The van der Waals surface area contributed by atoms with Crippen LogP contribution in [0, 0.1) is 0 Å². The maximum Gasteiger partial charge on any atom is 0.278 e. The maximum absolute atomic E-state index is 12.0. The molecule has 0 spiro atoms. The molecule has 0 aromatic carbocycles. The van der Waals surface area contributed by atoms with Crippen molar-refractivity contribution < 1.29 is 13.9 Å². The molecule has 0 aliphatic carbocycles. The lowest BCUT2D eigenvalue weighted by Gasteiger charge is -2.18. The van der Waals surface area contributed by atoms with E-state index < -0.39 is 0 Å². The fraction of sp³-hybridized carbons (Fsp3) is 0.417. The molecule has 1 amide bonds. The zero-order valence-electron chi connectivity index (χ0n) is 10.6. The van der Waals surface area contributed by atoms with Gasteiger partial charge in [0.15, 0.2) is 11.6 Å². The Hall–Kier alpha value is -1.67. The molecule has 2 N–H and O–H groups in total. The van der Waals surface area contributed by atoms with Gasteiger partial charge in [-0.15, -0.1) is 0 Å². The van der Waals surface area contributed by atoms with Gasteiger partial charge in [-0.1, -0.05) is 0 Å². The number of aromatic nitrogens is 3. The second-order valence-electron chi connectivity index (χ2n) is 4.50. The van der Waals surface area contributed by atoms with Crippen LogP contribution >= 0.6 is 15.9 Å². The van der Waals surface area contributed by atoms with Crippen molar-refractivity contribution >= 4 is 27.7 Å². The predicted molar refractivity (Wildman–Crippen MR) is 73.5 cm³/mol. The number of carbonyl (C=O) groups excluding carboxylic acids is 1. The molecule has 0 unspecified atom stereocenters. The minimum absolute atomic E-state index is 0.226. The van der Waals surface area contributed by atoms with Gasteiger partial charge in [0.2, 0.25) is 0 Å². The number of carbonyl (C=O) groups is 1. The molecule has 0 saturated carbocycles. The van der Waals surface area contributed by atoms with Gasteiger partial charge >= 0.3 is 0 Å². The second kappa shape index (κ2) is 5.76. The third-order valence-electron chi connectivity index (χ3n) is 3.16. The number of nitrogens with one attached hydrogen (secondary N) is 2. The van der Waals surface area contributed by atoms with E-state index in [2.05, 4.69) is 36.4 Å². The molecule has 0 bridgehead atoms. The Bertz CT molecular complexity index is 603. The van der Waals surface area contributed by atoms with Crippen LogP contribution in [0.4, 0.5) is 5.82 Å². The Morgan fingerprint density at radius 2 is 2.25 bits per heavy atom. The van der Waals surface area contributed by atoms with E-state index in [0.717, 1.165) is 12.8 Å². The second-order valence-corrected chi connectivity index (χ2v) is 5.36. The van der Waals surface area contributed by atoms with Crippen molar-refractivity contribution in [3.05, 3.63) is 28.5 Å². The molecular weight excluding hydrogens is 328 g/mol. The summed E-state index contributed by atoms with van der Waals surface area (Å²) in [5, 5.41) is 9.15. The number of nitrogens with zero attached hydrogens (tertiary/aromatic N) is 2. The highest BCUT2D eigenvalue weighted by atomic mass is 79.9. The van der Waals surface area contributed by atoms with Gasteiger partial charge in [-0.2, -0.15) is 5.10 Å². The Morgan fingerprint density at radius 3 is 2.95 bits per heavy atom. The quantitative estimate of drug-likeness (QED) is 0.894. The van der Waals surface area contributed by atoms with Gasteiger partial charge in [0, 0.05) is 19.1 Å². The predicted octanol–water partition coefficient (Wildman–Crippen LogP) is 2.31. The van der Waals surface area contributed by atoms with Gasteiger partial charge in [-0.3, -0.25) is 9.89 Å². The Kier molecular flexibility index (Phi) is 3.83. The van der Waals surface area contributed by atoms with Gasteiger partial charge in [0.1, 0.15) is 12.1 Å². The molecule has 0 atom stereocenters. The first-order valence-corrected chi connectivity index (χ1v) is 7.06. The maximum atomic E-state index is 12.0. The monoisotopic (exact) mass is 340 g/mol. The third kappa shape index (κ3) is 2.75. The number of rotatable bonds is 3. The zero-order valence-corrected chi connectivity index (χ0v) is 12.1. The first kappa shape index (κ1) is 13.3. The van der Waals surface area contributed by atoms with Gasteiger partial charge in [-0.25, -0.2) is 4.98 Å². The number of ether oxygens (including phenoxy) is 1. The molecule has 0 radical (unpaired) electrons. The highest BCUT2D eigenvalue weighted by molar-refractivity contribution is 9.10. The molecule has 1 saturated heterocycles. The number of H-pyrrole nitrogens is 1. The van der Waals surface area contributed by atoms with E-state index in [1.807, 2.05) is 0 Å². The summed E-state index contributed by atoms with van der Waals surface area (Å²) in [6.07, 6.45) is 4.68. The molecule has 2 aromatic heterocycles. The van der Waals surface area contributed by atoms with Crippen LogP contribution in [-0.2, 0) is 4.74 Å². The summed E-state index contributed by atoms with van der Waals surface area (Å²) in [4.78, 5) is 16.3. The third-order valence-corrected chi connectivity index (χ3v) is 3.76. The van der Waals surface area contributed by atoms with Crippen molar-refractivity contribution in [2.75, 3.05) is 18.5 Å². The smallest absolute Gasteiger partial charge is 0.278 e. The summed E-state index contributed by atoms with van der Waals surface area (Å²) in [7, 11) is 0. The fourth-order valence-corrected chi connectivity index (χ4v) is 2.35. The van der Waals surface area contributed by atoms with E-state index in [0.29, 0.717) is 29.4 Å². The Morgan fingerprint density at radius 1 is 1.45 bits per heavy atom. The lowest BCUT2D eigenvalue weighted by molar-refractivity contribution is 0.0794. The van der Waals surface area contributed by atoms with E-state index in [1.54, 1.807) is 6.20 Å². The van der Waals surface area contributed by atoms with Crippen LogP contribution in [0.5, 0.6) is 0 Å². The number of hydrogen-bond acceptors (Lipinski definition) is 5. The summed E-state index contributed by atoms with van der Waals surface area (Å²) < 4.78 is 11.4. The van der Waals surface area contributed by atoms with E-state index in [1.165, 1.54) is 6.26 Å². The topological polar surface area (TPSA) is 93.0 Å². The number of hydrogen-bond donors (Lipinski definition) is 2. The number of halogens is 1. The van der Waals surface area contributed by atoms with Crippen LogP contribution in [-0.4, -0.2) is 34.3 Å². The van der Waals surface area contributed by atoms with Crippen LogP contribution < -0.4 is 5.32 Å². The molecule has 1 aliphatic heterocycles. The molecule has 106 valence electrons. The van der Waals surface area contributed by atoms with Crippen molar-refractivity contribution in [3.8, 4) is 0 Å². The summed E-state index contributed by atoms with van der Waals surface area (Å²) in [5.74, 6) is 0.981. The minimum atomic E-state index is -0.336. The van der Waals surface area contributed by atoms with Crippen LogP contribution in [0.1, 0.15) is 35.1 Å². The fourth-order valence-electron chi connectivity index (χ4n) is 2.06. The van der Waals surface area contributed by atoms with E-state index in [9.17, 15) is 4.79 Å². The summed E-state index contributed by atoms with van der Waals surface area (Å²) in [6.45, 7) is 1.41. The Labute approximate surface area is 123 Å². The van der Waals surface area contributed by atoms with Gasteiger partial charge in [-0.05, 0) is 28.8 Å². The van der Waals surface area contributed by atoms with Crippen molar-refractivity contribution in [2.45, 2.75) is 18.8 Å². The SMILES string of the molecule is O=C(Nc1[nH]ncc1Br)c1coc(C2CCOCC2)n1. The standard InChI is InChI=1S/C12H13BrN4O3/c13-8-5-14-17-10(8)16-11(18)9-6-20-12(15-9)7-1-3-19-4-2-7/h5-7H,1-4H2,(H2,14,16,17,18). The molecule has 8 heteroatoms. The first-order chi connectivity index (χ1) is 9.74. The normalized spacial score (nSPS) is 16.2. The number of anilines is 1. The average Bonchev–Trinajstić information content (AvgIpc) is 3.10. The zero-order chi connectivity index (χ0) is 13.9. The molecule has 7 nitrogen and oxygen atoms in total. The molecule has 1 fully saturated rings. The number of aromatic amines is 1. The highest BCUT2D eigenvalue weighted by Gasteiger charge is 2.22. The molecular formula is C12H13BrN4O3. The average molecular weight is 341 g/mol. The van der Waals surface area contributed by atoms with Gasteiger partial charge in [0.25, 0.3) is 5.91 Å². The number of amides is 1. The molecule has 20 heavy (non-hydrogen) atoms. The van der Waals surface area contributed by atoms with E-state index in [4.69, 9.17) is 9.15 Å². The number of oxazole rings is 1. The van der Waals surface area contributed by atoms with Crippen molar-refractivity contribution in [1.82, 2.24) is 15.2 Å². The summed E-state index contributed by atoms with van der Waals surface area (Å²) in [5.41, 5.74) is 0.257. The lowest BCUT2D eigenvalue weighted by Crippen LogP contribution is -2.16. The lowest BCUT2D eigenvalue weighted by atomic mass is 10.0. The summed E-state index contributed by atoms with van der Waals surface area (Å²) in [6, 6.07) is 0. The highest BCUT2D eigenvalue weighted by Crippen LogP contribution is 2.26. The molecule has 3 rings (SSSR count). The van der Waals surface area contributed by atoms with Crippen LogP contribution in [0.15, 0.2) is 21.3 Å². The van der Waals surface area contributed by atoms with Gasteiger partial charge in [0.05, 0.1) is 10.7 Å². The molecule has 2 aromatic rings. The van der Waals surface area contributed by atoms with Crippen molar-refractivity contribution in [2.24, 2.45) is 0 Å². The van der Waals surface area contributed by atoms with Crippen molar-refractivity contribution in [3.63, 3.8) is 0 Å². The molecule has 1 aliphatic rings. The largest absolute Gasteiger partial charge is 0.448 e. The van der Waals surface area contributed by atoms with Gasteiger partial charge < -0.3 is 14.5 Å². The Balaban J connectivity index is 1.69. The van der Waals surface area contributed by atoms with Crippen LogP contribution in [0.2, 0.25) is 0 Å². The molecule has 3 heterocycles. The van der Waals surface area contributed by atoms with Crippen LogP contribution in [0.3, 0.4) is 0 Å². The van der Waals surface area contributed by atoms with E-state index in [-0.39, 0.29) is 17.5 Å². The van der Waals surface area contributed by atoms with E-state index >= 15 is 0 Å². The minimum Gasteiger partial charge on any atom is -0.448 e. The first-order valence-electron chi connectivity index (χ1n) is 6.27. The van der Waals surface area contributed by atoms with Crippen LogP contribution in [0.25, 0.3) is 0 Å². The summed E-state index contributed by atoms with van der Waals surface area (Å²) >= 11 is 3.27. The van der Waals surface area contributed by atoms with Crippen molar-refractivity contribution in [1.29, 1.82) is 0 Å².